The molecule has 1 atom stereocenters. The molecule has 2 rings (SSSR count). The van der Waals surface area contributed by atoms with Gasteiger partial charge >= 0.3 is 0 Å². The van der Waals surface area contributed by atoms with Gasteiger partial charge in [-0.05, 0) is 11.6 Å². The van der Waals surface area contributed by atoms with E-state index in [0.717, 1.165) is 5.57 Å². The SMILES string of the molecule is O=[C]C1=CC2C=CC=CC2=CO1. The molecule has 0 saturated heterocycles. The van der Waals surface area contributed by atoms with E-state index in [-0.39, 0.29) is 11.7 Å². The third-order valence-electron chi connectivity index (χ3n) is 1.86. The normalized spacial score (nSPS) is 25.2. The lowest BCUT2D eigenvalue weighted by molar-refractivity contribution is 0.351. The summed E-state index contributed by atoms with van der Waals surface area (Å²) in [6, 6.07) is 0. The van der Waals surface area contributed by atoms with Crippen molar-refractivity contribution in [1.29, 1.82) is 0 Å². The number of ether oxygens (including phenoxy) is 1. The molecule has 12 heavy (non-hydrogen) atoms. The Morgan fingerprint density at radius 3 is 3.17 bits per heavy atom. The van der Waals surface area contributed by atoms with Crippen molar-refractivity contribution in [1.82, 2.24) is 0 Å². The Hall–Kier alpha value is -1.57. The molecule has 1 heterocycles. The van der Waals surface area contributed by atoms with E-state index in [4.69, 9.17) is 4.74 Å². The van der Waals surface area contributed by atoms with Crippen LogP contribution in [0.15, 0.2) is 48.0 Å². The van der Waals surface area contributed by atoms with E-state index in [2.05, 4.69) is 0 Å². The van der Waals surface area contributed by atoms with Gasteiger partial charge in [-0.2, -0.15) is 0 Å². The summed E-state index contributed by atoms with van der Waals surface area (Å²) in [6.45, 7) is 0. The largest absolute Gasteiger partial charge is 0.461 e. The summed E-state index contributed by atoms with van der Waals surface area (Å²) in [7, 11) is 0. The van der Waals surface area contributed by atoms with E-state index in [1.165, 1.54) is 0 Å². The summed E-state index contributed by atoms with van der Waals surface area (Å²) in [5.41, 5.74) is 1.07. The molecule has 0 amide bonds. The van der Waals surface area contributed by atoms with Gasteiger partial charge in [-0.25, -0.2) is 0 Å². The van der Waals surface area contributed by atoms with Gasteiger partial charge in [-0.3, -0.25) is 4.79 Å². The molecule has 0 aromatic carbocycles. The maximum atomic E-state index is 10.2. The van der Waals surface area contributed by atoms with Crippen molar-refractivity contribution in [3.05, 3.63) is 48.0 Å². The Bertz CT molecular complexity index is 319. The maximum absolute atomic E-state index is 10.2. The molecule has 0 aromatic rings. The fourth-order valence-electron chi connectivity index (χ4n) is 1.23. The summed E-state index contributed by atoms with van der Waals surface area (Å²) in [4.78, 5) is 10.2. The van der Waals surface area contributed by atoms with Gasteiger partial charge in [-0.1, -0.05) is 24.3 Å². The van der Waals surface area contributed by atoms with E-state index in [0.29, 0.717) is 0 Å². The molecular weight excluding hydrogens is 152 g/mol. The zero-order chi connectivity index (χ0) is 8.39. The smallest absolute Gasteiger partial charge is 0.271 e. The van der Waals surface area contributed by atoms with Crippen molar-refractivity contribution in [2.75, 3.05) is 0 Å². The second kappa shape index (κ2) is 2.81. The van der Waals surface area contributed by atoms with Crippen LogP contribution in [0.1, 0.15) is 0 Å². The third-order valence-corrected chi connectivity index (χ3v) is 1.86. The molecule has 0 fully saturated rings. The van der Waals surface area contributed by atoms with Crippen molar-refractivity contribution in [2.45, 2.75) is 0 Å². The Kier molecular flexibility index (Phi) is 1.67. The number of rotatable bonds is 1. The van der Waals surface area contributed by atoms with Crippen molar-refractivity contribution >= 4 is 6.29 Å². The van der Waals surface area contributed by atoms with Gasteiger partial charge in [0.05, 0.1) is 6.26 Å². The fraction of sp³-hybridized carbons (Fsp3) is 0.100. The van der Waals surface area contributed by atoms with Crippen molar-refractivity contribution in [3.63, 3.8) is 0 Å². The number of fused-ring (bicyclic) bond motifs is 1. The lowest BCUT2D eigenvalue weighted by atomic mass is 9.94. The van der Waals surface area contributed by atoms with Crippen LogP contribution in [0.3, 0.4) is 0 Å². The zero-order valence-electron chi connectivity index (χ0n) is 6.36. The summed E-state index contributed by atoms with van der Waals surface area (Å²) in [6.07, 6.45) is 12.9. The standard InChI is InChI=1S/C10H7O2/c11-6-10-5-8-3-1-2-4-9(8)7-12-10/h1-5,7-8H. The molecule has 0 saturated carbocycles. The highest BCUT2D eigenvalue weighted by Gasteiger charge is 2.15. The van der Waals surface area contributed by atoms with Crippen LogP contribution in [0.4, 0.5) is 0 Å². The Balaban J connectivity index is 2.29. The zero-order valence-corrected chi connectivity index (χ0v) is 6.36. The minimum absolute atomic E-state index is 0.181. The predicted molar refractivity (Wildman–Crippen MR) is 44.7 cm³/mol. The van der Waals surface area contributed by atoms with Crippen LogP contribution in [0.5, 0.6) is 0 Å². The lowest BCUT2D eigenvalue weighted by Gasteiger charge is -2.17. The second-order valence-electron chi connectivity index (χ2n) is 2.64. The number of allylic oxidation sites excluding steroid dienone is 7. The topological polar surface area (TPSA) is 26.3 Å². The van der Waals surface area contributed by atoms with Crippen LogP contribution in [-0.4, -0.2) is 6.29 Å². The summed E-state index contributed by atoms with van der Waals surface area (Å²) in [5, 5.41) is 0. The average molecular weight is 159 g/mol. The molecule has 2 heteroatoms. The van der Waals surface area contributed by atoms with Crippen LogP contribution in [0, 0.1) is 5.92 Å². The molecule has 1 aliphatic heterocycles. The monoisotopic (exact) mass is 159 g/mol. The molecule has 0 bridgehead atoms. The second-order valence-corrected chi connectivity index (χ2v) is 2.64. The fourth-order valence-corrected chi connectivity index (χ4v) is 1.23. The summed E-state index contributed by atoms with van der Waals surface area (Å²) >= 11 is 0. The molecular formula is C10H7O2. The maximum Gasteiger partial charge on any atom is 0.271 e. The van der Waals surface area contributed by atoms with Crippen LogP contribution in [0.25, 0.3) is 0 Å². The molecule has 0 aromatic heterocycles. The van der Waals surface area contributed by atoms with E-state index in [1.54, 1.807) is 18.6 Å². The molecule has 2 nitrogen and oxygen atoms in total. The molecule has 2 aliphatic rings. The Labute approximate surface area is 70.5 Å². The number of carbonyl (C=O) groups excluding carboxylic acids is 1. The summed E-state index contributed by atoms with van der Waals surface area (Å²) < 4.78 is 4.99. The van der Waals surface area contributed by atoms with Gasteiger partial charge in [0.25, 0.3) is 6.29 Å². The van der Waals surface area contributed by atoms with Gasteiger partial charge in [0.2, 0.25) is 0 Å². The van der Waals surface area contributed by atoms with Crippen molar-refractivity contribution < 1.29 is 9.53 Å². The van der Waals surface area contributed by atoms with Gasteiger partial charge in [-0.15, -0.1) is 0 Å². The van der Waals surface area contributed by atoms with E-state index < -0.39 is 0 Å². The molecule has 0 N–H and O–H groups in total. The van der Waals surface area contributed by atoms with Crippen LogP contribution in [-0.2, 0) is 9.53 Å². The molecule has 1 radical (unpaired) electrons. The Morgan fingerprint density at radius 1 is 1.42 bits per heavy atom. The molecule has 0 spiro atoms. The first-order valence-corrected chi connectivity index (χ1v) is 3.72. The molecule has 59 valence electrons. The summed E-state index contributed by atoms with van der Waals surface area (Å²) in [5.74, 6) is 0.448. The van der Waals surface area contributed by atoms with Gasteiger partial charge in [0.1, 0.15) is 0 Å². The molecule has 1 unspecified atom stereocenters. The van der Waals surface area contributed by atoms with Crippen molar-refractivity contribution in [2.24, 2.45) is 5.92 Å². The number of hydrogen-bond acceptors (Lipinski definition) is 2. The average Bonchev–Trinajstić information content (AvgIpc) is 2.17. The third kappa shape index (κ3) is 1.11. The Morgan fingerprint density at radius 2 is 2.33 bits per heavy atom. The quantitative estimate of drug-likeness (QED) is 0.581. The first-order chi connectivity index (χ1) is 5.90. The predicted octanol–water partition coefficient (Wildman–Crippen LogP) is 1.64. The first kappa shape index (κ1) is 7.10. The number of hydrogen-bond donors (Lipinski definition) is 0. The van der Waals surface area contributed by atoms with Crippen LogP contribution < -0.4 is 0 Å². The first-order valence-electron chi connectivity index (χ1n) is 3.72. The highest BCUT2D eigenvalue weighted by Crippen LogP contribution is 2.25. The van der Waals surface area contributed by atoms with E-state index in [9.17, 15) is 4.79 Å². The van der Waals surface area contributed by atoms with Gasteiger partial charge < -0.3 is 4.74 Å². The lowest BCUT2D eigenvalue weighted by Crippen LogP contribution is -2.06. The minimum atomic E-state index is 0.181. The van der Waals surface area contributed by atoms with E-state index >= 15 is 0 Å². The highest BCUT2D eigenvalue weighted by molar-refractivity contribution is 5.72. The van der Waals surface area contributed by atoms with Gasteiger partial charge in [0.15, 0.2) is 5.76 Å². The minimum Gasteiger partial charge on any atom is -0.461 e. The van der Waals surface area contributed by atoms with Crippen molar-refractivity contribution in [3.8, 4) is 0 Å². The van der Waals surface area contributed by atoms with Crippen LogP contribution >= 0.6 is 0 Å². The van der Waals surface area contributed by atoms with Gasteiger partial charge in [0, 0.05) is 5.92 Å². The highest BCUT2D eigenvalue weighted by atomic mass is 16.5. The molecule has 1 aliphatic carbocycles. The van der Waals surface area contributed by atoms with E-state index in [1.807, 2.05) is 24.3 Å². The van der Waals surface area contributed by atoms with Crippen LogP contribution in [0.2, 0.25) is 0 Å².